The van der Waals surface area contributed by atoms with E-state index in [1.54, 1.807) is 0 Å². The summed E-state index contributed by atoms with van der Waals surface area (Å²) in [6.45, 7) is 4.92. The molecule has 1 amide bonds. The van der Waals surface area contributed by atoms with Crippen molar-refractivity contribution >= 4 is 11.9 Å². The van der Waals surface area contributed by atoms with Crippen molar-refractivity contribution in [3.05, 3.63) is 0 Å². The van der Waals surface area contributed by atoms with Crippen molar-refractivity contribution in [2.75, 3.05) is 20.6 Å². The maximum absolute atomic E-state index is 12.2. The summed E-state index contributed by atoms with van der Waals surface area (Å²) in [5, 5.41) is 12.1. The summed E-state index contributed by atoms with van der Waals surface area (Å²) in [5.41, 5.74) is 0. The van der Waals surface area contributed by atoms with Crippen LogP contribution in [-0.4, -0.2) is 48.6 Å². The molecule has 0 spiro atoms. The van der Waals surface area contributed by atoms with E-state index in [2.05, 4.69) is 24.1 Å². The summed E-state index contributed by atoms with van der Waals surface area (Å²) in [7, 11) is 4.02. The van der Waals surface area contributed by atoms with E-state index in [4.69, 9.17) is 5.11 Å². The molecule has 1 aliphatic carbocycles. The zero-order chi connectivity index (χ0) is 15.3. The van der Waals surface area contributed by atoms with Gasteiger partial charge in [0.25, 0.3) is 0 Å². The summed E-state index contributed by atoms with van der Waals surface area (Å²) in [6.07, 6.45) is 3.16. The van der Waals surface area contributed by atoms with Crippen molar-refractivity contribution in [1.82, 2.24) is 10.2 Å². The maximum Gasteiger partial charge on any atom is 0.307 e. The molecule has 5 nitrogen and oxygen atoms in total. The summed E-state index contributed by atoms with van der Waals surface area (Å²) < 4.78 is 0. The van der Waals surface area contributed by atoms with Crippen LogP contribution >= 0.6 is 0 Å². The highest BCUT2D eigenvalue weighted by molar-refractivity contribution is 5.85. The van der Waals surface area contributed by atoms with Gasteiger partial charge in [-0.15, -0.1) is 0 Å². The Labute approximate surface area is 121 Å². The molecule has 0 aromatic rings. The molecule has 0 heterocycles. The van der Waals surface area contributed by atoms with Crippen LogP contribution in [0.5, 0.6) is 0 Å². The number of carbonyl (C=O) groups excluding carboxylic acids is 1. The second kappa shape index (κ2) is 7.62. The SMILES string of the molecule is CC(C)CC(CNC(=O)[C@@H]1CCC[C@@H]1C(=O)O)N(C)C. The van der Waals surface area contributed by atoms with Crippen molar-refractivity contribution in [2.45, 2.75) is 45.6 Å². The first-order chi connectivity index (χ1) is 9.32. The lowest BCUT2D eigenvalue weighted by Gasteiger charge is -2.27. The lowest BCUT2D eigenvalue weighted by Crippen LogP contribution is -2.44. The average molecular weight is 284 g/mol. The van der Waals surface area contributed by atoms with Gasteiger partial charge in [-0.2, -0.15) is 0 Å². The van der Waals surface area contributed by atoms with Gasteiger partial charge in [0, 0.05) is 12.6 Å². The van der Waals surface area contributed by atoms with Crippen molar-refractivity contribution < 1.29 is 14.7 Å². The molecule has 116 valence electrons. The van der Waals surface area contributed by atoms with Gasteiger partial charge in [0.05, 0.1) is 11.8 Å². The van der Waals surface area contributed by atoms with E-state index in [-0.39, 0.29) is 11.8 Å². The molecule has 0 radical (unpaired) electrons. The number of rotatable bonds is 7. The highest BCUT2D eigenvalue weighted by Gasteiger charge is 2.37. The predicted molar refractivity (Wildman–Crippen MR) is 78.4 cm³/mol. The Balaban J connectivity index is 2.50. The third-order valence-corrected chi connectivity index (χ3v) is 4.16. The standard InChI is InChI=1S/C15H28N2O3/c1-10(2)8-11(17(3)4)9-16-14(18)12-6-5-7-13(12)15(19)20/h10-13H,5-9H2,1-4H3,(H,16,18)(H,19,20)/t11?,12-,13+/m1/s1. The predicted octanol–water partition coefficient (Wildman–Crippen LogP) is 1.58. The highest BCUT2D eigenvalue weighted by Crippen LogP contribution is 2.32. The average Bonchev–Trinajstić information content (AvgIpc) is 2.82. The molecule has 2 N–H and O–H groups in total. The number of likely N-dealkylation sites (N-methyl/N-ethyl adjacent to an activating group) is 1. The second-order valence-corrected chi connectivity index (χ2v) is 6.47. The first-order valence-electron chi connectivity index (χ1n) is 7.49. The van der Waals surface area contributed by atoms with Crippen LogP contribution in [0.25, 0.3) is 0 Å². The third kappa shape index (κ3) is 4.78. The lowest BCUT2D eigenvalue weighted by atomic mass is 9.95. The molecule has 1 aliphatic rings. The van der Waals surface area contributed by atoms with Crippen molar-refractivity contribution in [3.8, 4) is 0 Å². The number of carbonyl (C=O) groups is 2. The van der Waals surface area contributed by atoms with E-state index in [1.165, 1.54) is 0 Å². The maximum atomic E-state index is 12.2. The topological polar surface area (TPSA) is 69.6 Å². The third-order valence-electron chi connectivity index (χ3n) is 4.16. The number of amides is 1. The molecule has 1 fully saturated rings. The number of aliphatic carboxylic acids is 1. The van der Waals surface area contributed by atoms with Crippen LogP contribution in [-0.2, 0) is 9.59 Å². The fraction of sp³-hybridized carbons (Fsp3) is 0.867. The van der Waals surface area contributed by atoms with Gasteiger partial charge in [0.15, 0.2) is 0 Å². The molecule has 3 atom stereocenters. The Hall–Kier alpha value is -1.10. The highest BCUT2D eigenvalue weighted by atomic mass is 16.4. The van der Waals surface area contributed by atoms with Gasteiger partial charge < -0.3 is 15.3 Å². The molecule has 0 saturated heterocycles. The zero-order valence-electron chi connectivity index (χ0n) is 13.1. The molecule has 20 heavy (non-hydrogen) atoms. The van der Waals surface area contributed by atoms with Crippen molar-refractivity contribution in [3.63, 3.8) is 0 Å². The number of carboxylic acids is 1. The summed E-state index contributed by atoms with van der Waals surface area (Å²) >= 11 is 0. The van der Waals surface area contributed by atoms with Crippen molar-refractivity contribution in [2.24, 2.45) is 17.8 Å². The Morgan fingerprint density at radius 3 is 2.35 bits per heavy atom. The fourth-order valence-electron chi connectivity index (χ4n) is 2.94. The van der Waals surface area contributed by atoms with Gasteiger partial charge in [0.1, 0.15) is 0 Å². The molecular formula is C15H28N2O3. The van der Waals surface area contributed by atoms with Gasteiger partial charge in [-0.1, -0.05) is 20.3 Å². The van der Waals surface area contributed by atoms with E-state index < -0.39 is 11.9 Å². The van der Waals surface area contributed by atoms with Gasteiger partial charge in [-0.25, -0.2) is 0 Å². The van der Waals surface area contributed by atoms with Crippen molar-refractivity contribution in [1.29, 1.82) is 0 Å². The number of nitrogens with zero attached hydrogens (tertiary/aromatic N) is 1. The van der Waals surface area contributed by atoms with Gasteiger partial charge in [0.2, 0.25) is 5.91 Å². The minimum atomic E-state index is -0.839. The molecular weight excluding hydrogens is 256 g/mol. The Bertz CT molecular complexity index is 342. The molecule has 1 unspecified atom stereocenters. The largest absolute Gasteiger partial charge is 0.481 e. The summed E-state index contributed by atoms with van der Waals surface area (Å²) in [5.74, 6) is -1.22. The summed E-state index contributed by atoms with van der Waals surface area (Å²) in [6, 6.07) is 0.295. The quantitative estimate of drug-likeness (QED) is 0.744. The Kier molecular flexibility index (Phi) is 6.46. The number of nitrogens with one attached hydrogen (secondary N) is 1. The molecule has 0 aromatic carbocycles. The van der Waals surface area contributed by atoms with Crippen LogP contribution in [0.3, 0.4) is 0 Å². The normalized spacial score (nSPS) is 24.1. The Morgan fingerprint density at radius 1 is 1.25 bits per heavy atom. The Morgan fingerprint density at radius 2 is 1.85 bits per heavy atom. The van der Waals surface area contributed by atoms with Crippen LogP contribution in [0.15, 0.2) is 0 Å². The second-order valence-electron chi connectivity index (χ2n) is 6.47. The number of hydrogen-bond acceptors (Lipinski definition) is 3. The summed E-state index contributed by atoms with van der Waals surface area (Å²) in [4.78, 5) is 25.4. The van der Waals surface area contributed by atoms with E-state index in [9.17, 15) is 9.59 Å². The minimum absolute atomic E-state index is 0.0921. The molecule has 5 heteroatoms. The van der Waals surface area contributed by atoms with Crippen LogP contribution in [0, 0.1) is 17.8 Å². The lowest BCUT2D eigenvalue weighted by molar-refractivity contribution is -0.146. The zero-order valence-corrected chi connectivity index (χ0v) is 13.1. The smallest absolute Gasteiger partial charge is 0.307 e. The molecule has 1 rings (SSSR count). The molecule has 0 aromatic heterocycles. The van der Waals surface area contributed by atoms with Crippen LogP contribution in [0.4, 0.5) is 0 Å². The monoisotopic (exact) mass is 284 g/mol. The molecule has 0 aliphatic heterocycles. The van der Waals surface area contributed by atoms with Crippen LogP contribution in [0.1, 0.15) is 39.5 Å². The van der Waals surface area contributed by atoms with Gasteiger partial charge in [-0.05, 0) is 39.3 Å². The van der Waals surface area contributed by atoms with Crippen LogP contribution < -0.4 is 5.32 Å². The first kappa shape index (κ1) is 17.0. The molecule has 0 bridgehead atoms. The van der Waals surface area contributed by atoms with Gasteiger partial charge >= 0.3 is 5.97 Å². The fourth-order valence-corrected chi connectivity index (χ4v) is 2.94. The van der Waals surface area contributed by atoms with E-state index in [0.717, 1.165) is 12.8 Å². The van der Waals surface area contributed by atoms with E-state index in [0.29, 0.717) is 31.3 Å². The van der Waals surface area contributed by atoms with Crippen LogP contribution in [0.2, 0.25) is 0 Å². The number of hydrogen-bond donors (Lipinski definition) is 2. The molecule has 1 saturated carbocycles. The van der Waals surface area contributed by atoms with Gasteiger partial charge in [-0.3, -0.25) is 9.59 Å². The minimum Gasteiger partial charge on any atom is -0.481 e. The van der Waals surface area contributed by atoms with E-state index in [1.807, 2.05) is 14.1 Å². The van der Waals surface area contributed by atoms with E-state index >= 15 is 0 Å². The first-order valence-corrected chi connectivity index (χ1v) is 7.49. The number of carboxylic acid groups (broad SMARTS) is 1.